The van der Waals surface area contributed by atoms with Crippen LogP contribution in [0.2, 0.25) is 10.0 Å². The molecule has 20 heavy (non-hydrogen) atoms. The standard InChI is InChI=1S/C14H19Cl2N3.HI/c1-14(2,9-18-13-17-7-8-19(13)3)12-10(15)5-4-6-11(12)16;/h4-6H,7-9H2,1-3H3,(H,17,18);1H. The fraction of sp³-hybridized carbons (Fsp3) is 0.500. The van der Waals surface area contributed by atoms with Crippen LogP contribution in [0, 0.1) is 0 Å². The van der Waals surface area contributed by atoms with E-state index in [1.807, 2.05) is 25.2 Å². The highest BCUT2D eigenvalue weighted by molar-refractivity contribution is 14.0. The van der Waals surface area contributed by atoms with Crippen molar-refractivity contribution < 1.29 is 0 Å². The van der Waals surface area contributed by atoms with Gasteiger partial charge in [-0.25, -0.2) is 0 Å². The summed E-state index contributed by atoms with van der Waals surface area (Å²) in [5, 5.41) is 4.80. The highest BCUT2D eigenvalue weighted by Gasteiger charge is 2.27. The zero-order valence-electron chi connectivity index (χ0n) is 11.9. The molecule has 0 fully saturated rings. The van der Waals surface area contributed by atoms with Crippen LogP contribution in [-0.2, 0) is 5.41 Å². The minimum absolute atomic E-state index is 0. The number of benzene rings is 1. The van der Waals surface area contributed by atoms with Gasteiger partial charge in [0.15, 0.2) is 5.96 Å². The number of guanidine groups is 1. The monoisotopic (exact) mass is 427 g/mol. The molecule has 0 saturated carbocycles. The summed E-state index contributed by atoms with van der Waals surface area (Å²) in [6.07, 6.45) is 0. The van der Waals surface area contributed by atoms with Gasteiger partial charge in [-0.15, -0.1) is 24.0 Å². The van der Waals surface area contributed by atoms with Crippen molar-refractivity contribution in [3.8, 4) is 0 Å². The first-order valence-electron chi connectivity index (χ1n) is 6.36. The summed E-state index contributed by atoms with van der Waals surface area (Å²) in [5.41, 5.74) is 0.813. The van der Waals surface area contributed by atoms with E-state index in [0.717, 1.165) is 31.2 Å². The van der Waals surface area contributed by atoms with Crippen molar-refractivity contribution in [3.05, 3.63) is 33.8 Å². The molecular weight excluding hydrogens is 408 g/mol. The Morgan fingerprint density at radius 3 is 2.40 bits per heavy atom. The molecular formula is C14H20Cl2IN3. The normalized spacial score (nSPS) is 14.8. The predicted molar refractivity (Wildman–Crippen MR) is 97.8 cm³/mol. The maximum absolute atomic E-state index is 6.29. The Bertz CT molecular complexity index is 483. The van der Waals surface area contributed by atoms with Gasteiger partial charge in [0.25, 0.3) is 0 Å². The van der Waals surface area contributed by atoms with Gasteiger partial charge < -0.3 is 10.2 Å². The summed E-state index contributed by atoms with van der Waals surface area (Å²) in [6, 6.07) is 5.62. The molecule has 0 unspecified atom stereocenters. The molecule has 0 atom stereocenters. The Kier molecular flexibility index (Phi) is 6.41. The van der Waals surface area contributed by atoms with E-state index in [-0.39, 0.29) is 29.4 Å². The Morgan fingerprint density at radius 2 is 1.90 bits per heavy atom. The van der Waals surface area contributed by atoms with Crippen LogP contribution in [0.25, 0.3) is 0 Å². The van der Waals surface area contributed by atoms with Gasteiger partial charge in [0.1, 0.15) is 0 Å². The highest BCUT2D eigenvalue weighted by Crippen LogP contribution is 2.35. The molecule has 0 saturated heterocycles. The number of halogens is 3. The van der Waals surface area contributed by atoms with Crippen molar-refractivity contribution in [2.24, 2.45) is 4.99 Å². The lowest BCUT2D eigenvalue weighted by atomic mass is 9.84. The van der Waals surface area contributed by atoms with Gasteiger partial charge in [0.05, 0.1) is 6.54 Å². The fourth-order valence-corrected chi connectivity index (χ4v) is 3.17. The van der Waals surface area contributed by atoms with Gasteiger partial charge in [0, 0.05) is 35.6 Å². The van der Waals surface area contributed by atoms with E-state index in [1.54, 1.807) is 0 Å². The van der Waals surface area contributed by atoms with Gasteiger partial charge in [-0.2, -0.15) is 0 Å². The zero-order chi connectivity index (χ0) is 14.0. The predicted octanol–water partition coefficient (Wildman–Crippen LogP) is 3.78. The lowest BCUT2D eigenvalue weighted by Crippen LogP contribution is -2.42. The first-order chi connectivity index (χ1) is 8.92. The van der Waals surface area contributed by atoms with Crippen molar-refractivity contribution in [3.63, 3.8) is 0 Å². The molecule has 1 heterocycles. The molecule has 3 nitrogen and oxygen atoms in total. The lowest BCUT2D eigenvalue weighted by molar-refractivity contribution is 0.481. The van der Waals surface area contributed by atoms with Gasteiger partial charge in [-0.05, 0) is 17.7 Å². The SMILES string of the molecule is CN1CCN=C1NCC(C)(C)c1c(Cl)cccc1Cl.I. The third kappa shape index (κ3) is 3.92. The summed E-state index contributed by atoms with van der Waals surface area (Å²) < 4.78 is 0. The third-order valence-electron chi connectivity index (χ3n) is 3.39. The summed E-state index contributed by atoms with van der Waals surface area (Å²) >= 11 is 12.6. The van der Waals surface area contributed by atoms with Crippen molar-refractivity contribution in [2.75, 3.05) is 26.7 Å². The number of hydrogen-bond donors (Lipinski definition) is 1. The number of nitrogens with zero attached hydrogens (tertiary/aromatic N) is 2. The molecule has 1 aromatic carbocycles. The molecule has 0 radical (unpaired) electrons. The topological polar surface area (TPSA) is 27.6 Å². The van der Waals surface area contributed by atoms with E-state index < -0.39 is 0 Å². The Hall–Kier alpha value is -0.200. The molecule has 6 heteroatoms. The van der Waals surface area contributed by atoms with Crippen LogP contribution in [0.5, 0.6) is 0 Å². The van der Waals surface area contributed by atoms with E-state index in [1.165, 1.54) is 0 Å². The maximum Gasteiger partial charge on any atom is 0.193 e. The van der Waals surface area contributed by atoms with Crippen molar-refractivity contribution >= 4 is 53.1 Å². The summed E-state index contributed by atoms with van der Waals surface area (Å²) in [5.74, 6) is 0.941. The van der Waals surface area contributed by atoms with Crippen LogP contribution in [0.1, 0.15) is 19.4 Å². The first kappa shape index (κ1) is 17.9. The second-order valence-electron chi connectivity index (χ2n) is 5.46. The maximum atomic E-state index is 6.29. The van der Waals surface area contributed by atoms with Gasteiger partial charge >= 0.3 is 0 Å². The minimum Gasteiger partial charge on any atom is -0.355 e. The van der Waals surface area contributed by atoms with Gasteiger partial charge in [0.2, 0.25) is 0 Å². The van der Waals surface area contributed by atoms with Crippen LogP contribution < -0.4 is 5.32 Å². The molecule has 0 aliphatic carbocycles. The second-order valence-corrected chi connectivity index (χ2v) is 6.28. The Morgan fingerprint density at radius 1 is 1.30 bits per heavy atom. The molecule has 0 aromatic heterocycles. The molecule has 0 spiro atoms. The zero-order valence-corrected chi connectivity index (χ0v) is 15.8. The molecule has 0 bridgehead atoms. The molecule has 1 N–H and O–H groups in total. The Balaban J connectivity index is 0.00000200. The summed E-state index contributed by atoms with van der Waals surface area (Å²) in [6.45, 7) is 6.81. The summed E-state index contributed by atoms with van der Waals surface area (Å²) in [4.78, 5) is 6.54. The van der Waals surface area contributed by atoms with E-state index in [9.17, 15) is 0 Å². The average Bonchev–Trinajstić information content (AvgIpc) is 2.72. The van der Waals surface area contributed by atoms with E-state index in [0.29, 0.717) is 10.0 Å². The number of aliphatic imine (C=N–C) groups is 1. The smallest absolute Gasteiger partial charge is 0.193 e. The van der Waals surface area contributed by atoms with Crippen LogP contribution in [0.4, 0.5) is 0 Å². The highest BCUT2D eigenvalue weighted by atomic mass is 127. The van der Waals surface area contributed by atoms with Crippen LogP contribution >= 0.6 is 47.2 Å². The first-order valence-corrected chi connectivity index (χ1v) is 7.11. The average molecular weight is 428 g/mol. The number of hydrogen-bond acceptors (Lipinski definition) is 3. The van der Waals surface area contributed by atoms with E-state index >= 15 is 0 Å². The fourth-order valence-electron chi connectivity index (χ4n) is 2.26. The largest absolute Gasteiger partial charge is 0.355 e. The molecule has 0 amide bonds. The molecule has 112 valence electrons. The quantitative estimate of drug-likeness (QED) is 0.743. The third-order valence-corrected chi connectivity index (χ3v) is 4.02. The van der Waals surface area contributed by atoms with Crippen molar-refractivity contribution in [2.45, 2.75) is 19.3 Å². The molecule has 1 aromatic rings. The number of rotatable bonds is 3. The summed E-state index contributed by atoms with van der Waals surface area (Å²) in [7, 11) is 2.04. The van der Waals surface area contributed by atoms with E-state index in [2.05, 4.69) is 29.1 Å². The van der Waals surface area contributed by atoms with Crippen LogP contribution in [0.3, 0.4) is 0 Å². The molecule has 1 aliphatic heterocycles. The van der Waals surface area contributed by atoms with Crippen LogP contribution in [-0.4, -0.2) is 37.5 Å². The van der Waals surface area contributed by atoms with Crippen molar-refractivity contribution in [1.82, 2.24) is 10.2 Å². The Labute approximate surface area is 147 Å². The van der Waals surface area contributed by atoms with Gasteiger partial charge in [-0.1, -0.05) is 43.1 Å². The molecule has 1 aliphatic rings. The van der Waals surface area contributed by atoms with E-state index in [4.69, 9.17) is 23.2 Å². The second kappa shape index (κ2) is 7.18. The van der Waals surface area contributed by atoms with Crippen molar-refractivity contribution in [1.29, 1.82) is 0 Å². The minimum atomic E-state index is -0.165. The van der Waals surface area contributed by atoms with Gasteiger partial charge in [-0.3, -0.25) is 4.99 Å². The number of nitrogens with one attached hydrogen (secondary N) is 1. The van der Waals surface area contributed by atoms with Crippen LogP contribution in [0.15, 0.2) is 23.2 Å². The number of likely N-dealkylation sites (N-methyl/N-ethyl adjacent to an activating group) is 1. The lowest BCUT2D eigenvalue weighted by Gasteiger charge is -2.29. The molecule has 2 rings (SSSR count).